The number of fused-ring (bicyclic) bond motifs is 1. The van der Waals surface area contributed by atoms with Crippen molar-refractivity contribution in [3.05, 3.63) is 53.1 Å². The van der Waals surface area contributed by atoms with Crippen LogP contribution in [0, 0.1) is 0 Å². The first-order valence-corrected chi connectivity index (χ1v) is 9.90. The second kappa shape index (κ2) is 7.60. The van der Waals surface area contributed by atoms with Gasteiger partial charge in [0.15, 0.2) is 0 Å². The fourth-order valence-corrected chi connectivity index (χ4v) is 4.24. The summed E-state index contributed by atoms with van der Waals surface area (Å²) in [7, 11) is 0. The number of nitrogens with zero attached hydrogens (tertiary/aromatic N) is 3. The van der Waals surface area contributed by atoms with E-state index in [-0.39, 0.29) is 18.4 Å². The van der Waals surface area contributed by atoms with Crippen LogP contribution in [0.15, 0.2) is 30.6 Å². The number of halogens is 3. The minimum atomic E-state index is -4.16. The monoisotopic (exact) mass is 391 g/mol. The second-order valence-corrected chi connectivity index (χ2v) is 7.76. The number of carbonyl (C=O) groups is 1. The van der Waals surface area contributed by atoms with Gasteiger partial charge in [-0.15, -0.1) is 0 Å². The third kappa shape index (κ3) is 4.08. The predicted octanol–water partition coefficient (Wildman–Crippen LogP) is 4.34. The molecule has 2 heterocycles. The highest BCUT2D eigenvalue weighted by Crippen LogP contribution is 2.29. The van der Waals surface area contributed by atoms with Gasteiger partial charge in [0, 0.05) is 30.8 Å². The van der Waals surface area contributed by atoms with Gasteiger partial charge in [-0.05, 0) is 56.2 Å². The molecule has 2 aliphatic rings. The number of amides is 1. The summed E-state index contributed by atoms with van der Waals surface area (Å²) in [4.78, 5) is 19.2. The number of aromatic nitrogens is 2. The molecule has 28 heavy (non-hydrogen) atoms. The Morgan fingerprint density at radius 3 is 2.64 bits per heavy atom. The minimum Gasteiger partial charge on any atom is -0.336 e. The first kappa shape index (κ1) is 19.0. The number of aryl methyl sites for hydroxylation is 2. The van der Waals surface area contributed by atoms with Gasteiger partial charge in [0.05, 0.1) is 18.1 Å². The zero-order chi connectivity index (χ0) is 19.7. The van der Waals surface area contributed by atoms with Gasteiger partial charge in [-0.2, -0.15) is 13.2 Å². The van der Waals surface area contributed by atoms with E-state index in [0.717, 1.165) is 19.3 Å². The highest BCUT2D eigenvalue weighted by atomic mass is 19.4. The Labute approximate surface area is 162 Å². The Morgan fingerprint density at radius 2 is 1.89 bits per heavy atom. The third-order valence-electron chi connectivity index (χ3n) is 5.80. The fourth-order valence-electron chi connectivity index (χ4n) is 4.24. The maximum atomic E-state index is 12.8. The lowest BCUT2D eigenvalue weighted by Gasteiger charge is -2.20. The Morgan fingerprint density at radius 1 is 1.14 bits per heavy atom. The molecule has 150 valence electrons. The lowest BCUT2D eigenvalue weighted by atomic mass is 10.0. The Balaban J connectivity index is 1.39. The normalized spacial score (nSPS) is 19.7. The van der Waals surface area contributed by atoms with Gasteiger partial charge in [-0.25, -0.2) is 4.98 Å². The number of benzene rings is 1. The highest BCUT2D eigenvalue weighted by Gasteiger charge is 2.30. The van der Waals surface area contributed by atoms with Crippen LogP contribution in [-0.4, -0.2) is 39.6 Å². The molecule has 1 unspecified atom stereocenters. The first-order valence-electron chi connectivity index (χ1n) is 9.90. The molecule has 1 amide bonds. The number of alkyl halides is 3. The Bertz CT molecular complexity index is 842. The van der Waals surface area contributed by atoms with E-state index in [1.54, 1.807) is 24.3 Å². The molecule has 2 aromatic rings. The smallest absolute Gasteiger partial charge is 0.336 e. The molecule has 0 saturated carbocycles. The molecule has 1 aromatic heterocycles. The summed E-state index contributed by atoms with van der Waals surface area (Å²) in [6.07, 6.45) is 2.23. The van der Waals surface area contributed by atoms with Crippen LogP contribution >= 0.6 is 0 Å². The summed E-state index contributed by atoms with van der Waals surface area (Å²) in [6.45, 7) is 1.34. The van der Waals surface area contributed by atoms with Gasteiger partial charge in [0.25, 0.3) is 5.91 Å². The van der Waals surface area contributed by atoms with Crippen molar-refractivity contribution in [2.45, 2.75) is 57.2 Å². The van der Waals surface area contributed by atoms with E-state index in [9.17, 15) is 18.0 Å². The van der Waals surface area contributed by atoms with Crippen LogP contribution in [0.2, 0.25) is 0 Å². The molecule has 0 N–H and O–H groups in total. The van der Waals surface area contributed by atoms with Gasteiger partial charge in [0.1, 0.15) is 0 Å². The van der Waals surface area contributed by atoms with Crippen LogP contribution in [0.5, 0.6) is 0 Å². The molecule has 1 atom stereocenters. The van der Waals surface area contributed by atoms with Crippen LogP contribution < -0.4 is 0 Å². The average molecular weight is 391 g/mol. The maximum Gasteiger partial charge on any atom is 0.389 e. The molecule has 0 spiro atoms. The maximum absolute atomic E-state index is 12.8. The van der Waals surface area contributed by atoms with Gasteiger partial charge in [-0.3, -0.25) is 4.79 Å². The second-order valence-electron chi connectivity index (χ2n) is 7.76. The topological polar surface area (TPSA) is 38.1 Å². The van der Waals surface area contributed by atoms with Crippen molar-refractivity contribution in [2.75, 3.05) is 13.1 Å². The van der Waals surface area contributed by atoms with Crippen molar-refractivity contribution in [2.24, 2.45) is 0 Å². The largest absolute Gasteiger partial charge is 0.389 e. The van der Waals surface area contributed by atoms with Gasteiger partial charge in [0.2, 0.25) is 0 Å². The lowest BCUT2D eigenvalue weighted by molar-refractivity contribution is -0.134. The van der Waals surface area contributed by atoms with E-state index >= 15 is 0 Å². The van der Waals surface area contributed by atoms with Crippen LogP contribution in [0.1, 0.15) is 59.0 Å². The van der Waals surface area contributed by atoms with Crippen molar-refractivity contribution >= 4 is 5.91 Å². The number of imidazole rings is 1. The van der Waals surface area contributed by atoms with Crippen molar-refractivity contribution in [3.63, 3.8) is 0 Å². The molecule has 0 bridgehead atoms. The molecule has 1 aliphatic carbocycles. The number of carbonyl (C=O) groups excluding carboxylic acids is 1. The van der Waals surface area contributed by atoms with E-state index in [2.05, 4.69) is 9.55 Å². The average Bonchev–Trinajstić information content (AvgIpc) is 3.32. The Hall–Kier alpha value is -2.31. The van der Waals surface area contributed by atoms with Crippen LogP contribution in [0.4, 0.5) is 13.2 Å². The number of rotatable bonds is 4. The molecule has 1 saturated heterocycles. The van der Waals surface area contributed by atoms with Crippen LogP contribution in [-0.2, 0) is 19.3 Å². The summed E-state index contributed by atoms with van der Waals surface area (Å²) in [5.41, 5.74) is 3.65. The molecule has 1 fully saturated rings. The molecule has 0 radical (unpaired) electrons. The van der Waals surface area contributed by atoms with E-state index < -0.39 is 12.6 Å². The summed E-state index contributed by atoms with van der Waals surface area (Å²) >= 11 is 0. The summed E-state index contributed by atoms with van der Waals surface area (Å²) in [6, 6.07) is 6.78. The molecule has 4 nitrogen and oxygen atoms in total. The fraction of sp³-hybridized carbons (Fsp3) is 0.524. The quantitative estimate of drug-likeness (QED) is 0.778. The van der Waals surface area contributed by atoms with E-state index in [0.29, 0.717) is 24.2 Å². The molecular formula is C21H24F3N3O. The van der Waals surface area contributed by atoms with Crippen molar-refractivity contribution in [3.8, 4) is 0 Å². The minimum absolute atomic E-state index is 0.0566. The van der Waals surface area contributed by atoms with E-state index in [4.69, 9.17) is 0 Å². The molecular weight excluding hydrogens is 367 g/mol. The molecule has 1 aromatic carbocycles. The zero-order valence-corrected chi connectivity index (χ0v) is 15.7. The predicted molar refractivity (Wildman–Crippen MR) is 99.2 cm³/mol. The van der Waals surface area contributed by atoms with E-state index in [1.165, 1.54) is 24.2 Å². The molecule has 1 aliphatic heterocycles. The Kier molecular flexibility index (Phi) is 5.17. The standard InChI is InChI=1S/C21H24F3N3O/c22-21(23,24)11-9-15-5-7-16(8-6-15)20(28)26-12-10-17(13-26)27-14-25-18-3-1-2-4-19(18)27/h5-8,14,17H,1-4,9-13H2. The van der Waals surface area contributed by atoms with Crippen molar-refractivity contribution in [1.82, 2.24) is 14.5 Å². The summed E-state index contributed by atoms with van der Waals surface area (Å²) in [5.74, 6) is -0.0566. The molecule has 4 rings (SSSR count). The zero-order valence-electron chi connectivity index (χ0n) is 15.7. The van der Waals surface area contributed by atoms with Crippen LogP contribution in [0.3, 0.4) is 0 Å². The van der Waals surface area contributed by atoms with Crippen LogP contribution in [0.25, 0.3) is 0 Å². The highest BCUT2D eigenvalue weighted by molar-refractivity contribution is 5.94. The van der Waals surface area contributed by atoms with E-state index in [1.807, 2.05) is 11.2 Å². The van der Waals surface area contributed by atoms with Gasteiger partial charge >= 0.3 is 6.18 Å². The molecule has 7 heteroatoms. The number of hydrogen-bond donors (Lipinski definition) is 0. The summed E-state index contributed by atoms with van der Waals surface area (Å²) < 4.78 is 39.3. The third-order valence-corrected chi connectivity index (χ3v) is 5.80. The number of likely N-dealkylation sites (tertiary alicyclic amines) is 1. The lowest BCUT2D eigenvalue weighted by Crippen LogP contribution is -2.29. The van der Waals surface area contributed by atoms with Gasteiger partial charge < -0.3 is 9.47 Å². The number of hydrogen-bond acceptors (Lipinski definition) is 2. The van der Waals surface area contributed by atoms with Gasteiger partial charge in [-0.1, -0.05) is 12.1 Å². The summed E-state index contributed by atoms with van der Waals surface area (Å²) in [5, 5.41) is 0. The van der Waals surface area contributed by atoms with Crippen molar-refractivity contribution in [1.29, 1.82) is 0 Å². The SMILES string of the molecule is O=C(c1ccc(CCC(F)(F)F)cc1)N1CCC(n2cnc3c2CCCC3)C1. The first-order chi connectivity index (χ1) is 13.4. The van der Waals surface area contributed by atoms with Crippen molar-refractivity contribution < 1.29 is 18.0 Å².